The summed E-state index contributed by atoms with van der Waals surface area (Å²) in [5.74, 6) is -0.825. The summed E-state index contributed by atoms with van der Waals surface area (Å²) in [5.41, 5.74) is 0. The van der Waals surface area contributed by atoms with Gasteiger partial charge in [0.1, 0.15) is 19.8 Å². The average Bonchev–Trinajstić information content (AvgIpc) is 2.74. The Morgan fingerprint density at radius 1 is 0.323 bits per heavy atom. The van der Waals surface area contributed by atoms with Crippen LogP contribution in [0.5, 0.6) is 0 Å². The molecule has 552 valence electrons. The summed E-state index contributed by atoms with van der Waals surface area (Å²) in [6.45, 7) is 4.05. The average molecular weight is 1360 g/mol. The van der Waals surface area contributed by atoms with Crippen LogP contribution < -0.4 is 4.89 Å². The van der Waals surface area contributed by atoms with Gasteiger partial charge in [0.2, 0.25) is 0 Å². The third-order valence-corrected chi connectivity index (χ3v) is 18.1. The van der Waals surface area contributed by atoms with Crippen molar-refractivity contribution in [2.75, 3.05) is 47.5 Å². The zero-order valence-electron chi connectivity index (χ0n) is 63.0. The quantitative estimate of drug-likeness (QED) is 0.0195. The van der Waals surface area contributed by atoms with E-state index in [1.165, 1.54) is 205 Å². The molecule has 0 rings (SSSR count). The summed E-state index contributed by atoms with van der Waals surface area (Å²) < 4.78 is 34.4. The molecule has 0 saturated heterocycles. The van der Waals surface area contributed by atoms with Gasteiger partial charge in [-0.15, -0.1) is 0 Å². The van der Waals surface area contributed by atoms with Crippen LogP contribution in [0, 0.1) is 0 Å². The molecule has 10 heteroatoms. The molecule has 0 heterocycles. The minimum Gasteiger partial charge on any atom is -0.756 e. The number of esters is 2. The van der Waals surface area contributed by atoms with Gasteiger partial charge in [0.05, 0.1) is 27.7 Å². The van der Waals surface area contributed by atoms with E-state index in [9.17, 15) is 19.0 Å². The van der Waals surface area contributed by atoms with Crippen molar-refractivity contribution in [2.24, 2.45) is 0 Å². The molecule has 0 saturated carbocycles. The van der Waals surface area contributed by atoms with Gasteiger partial charge in [0.15, 0.2) is 6.10 Å². The molecule has 0 fully saturated rings. The van der Waals surface area contributed by atoms with Gasteiger partial charge in [0.25, 0.3) is 7.82 Å². The van der Waals surface area contributed by atoms with Crippen LogP contribution in [-0.4, -0.2) is 70.0 Å². The first-order valence-electron chi connectivity index (χ1n) is 39.9. The van der Waals surface area contributed by atoms with E-state index in [-0.39, 0.29) is 32.0 Å². The zero-order chi connectivity index (χ0) is 69.7. The van der Waals surface area contributed by atoms with Crippen molar-refractivity contribution in [3.8, 4) is 0 Å². The van der Waals surface area contributed by atoms with Gasteiger partial charge < -0.3 is 27.9 Å². The Bertz CT molecular complexity index is 2090. The van der Waals surface area contributed by atoms with Crippen molar-refractivity contribution < 1.29 is 42.1 Å². The van der Waals surface area contributed by atoms with Gasteiger partial charge in [-0.1, -0.05) is 359 Å². The van der Waals surface area contributed by atoms with Gasteiger partial charge in [-0.3, -0.25) is 14.2 Å². The van der Waals surface area contributed by atoms with E-state index in [0.29, 0.717) is 17.4 Å². The van der Waals surface area contributed by atoms with Crippen LogP contribution in [0.25, 0.3) is 0 Å². The maximum atomic E-state index is 12.9. The fourth-order valence-corrected chi connectivity index (χ4v) is 11.9. The molecule has 0 radical (unpaired) electrons. The molecule has 96 heavy (non-hydrogen) atoms. The van der Waals surface area contributed by atoms with E-state index in [0.717, 1.165) is 109 Å². The fraction of sp³-hybridized carbons (Fsp3) is 0.721. The Labute approximate surface area is 593 Å². The van der Waals surface area contributed by atoms with Crippen molar-refractivity contribution in [3.05, 3.63) is 134 Å². The number of unbranched alkanes of at least 4 members (excludes halogenated alkanes) is 37. The Hall–Kier alpha value is -3.85. The molecule has 0 aliphatic carbocycles. The Kier molecular flexibility index (Phi) is 72.3. The molecule has 0 aromatic rings. The highest BCUT2D eigenvalue weighted by Crippen LogP contribution is 2.38. The van der Waals surface area contributed by atoms with Crippen molar-refractivity contribution in [1.82, 2.24) is 0 Å². The smallest absolute Gasteiger partial charge is 0.306 e. The molecular weight excluding hydrogens is 1210 g/mol. The number of allylic oxidation sites excluding steroid dienone is 22. The lowest BCUT2D eigenvalue weighted by molar-refractivity contribution is -0.870. The fourth-order valence-electron chi connectivity index (χ4n) is 11.2. The summed E-state index contributed by atoms with van der Waals surface area (Å²) in [6, 6.07) is 0. The molecule has 0 N–H and O–H groups in total. The Morgan fingerprint density at radius 3 is 0.833 bits per heavy atom. The Balaban J connectivity index is 3.97. The number of quaternary nitrogens is 1. The Morgan fingerprint density at radius 2 is 0.562 bits per heavy atom. The number of hydrogen-bond acceptors (Lipinski definition) is 8. The van der Waals surface area contributed by atoms with Crippen molar-refractivity contribution >= 4 is 19.8 Å². The van der Waals surface area contributed by atoms with Crippen LogP contribution in [-0.2, 0) is 32.7 Å². The van der Waals surface area contributed by atoms with Crippen LogP contribution in [0.15, 0.2) is 134 Å². The molecule has 0 aromatic heterocycles. The summed E-state index contributed by atoms with van der Waals surface area (Å²) in [7, 11) is 1.17. The van der Waals surface area contributed by atoms with E-state index in [4.69, 9.17) is 18.5 Å². The number of phosphoric acid groups is 1. The molecular formula is C86H150NO8P. The van der Waals surface area contributed by atoms with Crippen molar-refractivity contribution in [3.63, 3.8) is 0 Å². The molecule has 2 unspecified atom stereocenters. The third kappa shape index (κ3) is 79.1. The predicted molar refractivity (Wildman–Crippen MR) is 415 cm³/mol. The second kappa shape index (κ2) is 75.4. The van der Waals surface area contributed by atoms with E-state index in [2.05, 4.69) is 148 Å². The minimum atomic E-state index is -4.65. The van der Waals surface area contributed by atoms with E-state index in [1.807, 2.05) is 21.1 Å². The predicted octanol–water partition coefficient (Wildman–Crippen LogP) is 26.1. The first-order valence-corrected chi connectivity index (χ1v) is 41.4. The SMILES string of the molecule is CC/C=C\C/C=C\C/C=C\C/C=C\C/C=C\C/C=C\C/C=C\CCCCCCCCCCCCCCCC(=O)OC(COC(=O)CCCCCCCCCCCCCCCCCCCCCCCCCC/C=C\C/C=C\C/C=C\C/C=C\CC)COP(=O)([O-])OCC[N+](C)(C)C. The second-order valence-corrected chi connectivity index (χ2v) is 29.1. The number of rotatable bonds is 73. The monoisotopic (exact) mass is 1360 g/mol. The summed E-state index contributed by atoms with van der Waals surface area (Å²) >= 11 is 0. The van der Waals surface area contributed by atoms with E-state index >= 15 is 0 Å². The standard InChI is InChI=1S/C86H150NO8P/c1-6-8-10-12-14-16-18-20-22-24-26-28-30-32-34-36-38-40-42-43-45-46-48-50-52-54-56-58-60-62-64-66-68-70-72-74-76-78-85(88)92-82-84(83-94-96(90,91)93-81-80-87(3,4)5)95-86(89)79-77-75-73-71-69-67-65-63-61-59-57-55-53-51-49-47-44-41-39-37-35-33-31-29-27-25-23-21-19-17-15-13-11-9-7-2/h8-11,14-17,20-23,26-29,33,35,39,41,47,49,84H,6-7,12-13,18-19,24-25,30-32,34,36-38,40,42-46,48,50-83H2,1-5H3/b10-8-,11-9-,16-14-,17-15-,22-20-,23-21-,28-26-,29-27-,35-33-,41-39-,49-47-. The summed E-state index contributed by atoms with van der Waals surface area (Å²) in [6.07, 6.45) is 110. The maximum Gasteiger partial charge on any atom is 0.306 e. The lowest BCUT2D eigenvalue weighted by atomic mass is 10.0. The number of ether oxygens (including phenoxy) is 2. The lowest BCUT2D eigenvalue weighted by Gasteiger charge is -2.28. The third-order valence-electron chi connectivity index (χ3n) is 17.2. The lowest BCUT2D eigenvalue weighted by Crippen LogP contribution is -2.37. The van der Waals surface area contributed by atoms with Gasteiger partial charge in [0, 0.05) is 12.8 Å². The second-order valence-electron chi connectivity index (χ2n) is 27.7. The normalized spacial score (nSPS) is 13.8. The number of carbonyl (C=O) groups is 2. The van der Waals surface area contributed by atoms with Gasteiger partial charge in [-0.25, -0.2) is 0 Å². The van der Waals surface area contributed by atoms with Gasteiger partial charge in [-0.05, 0) is 109 Å². The summed E-state index contributed by atoms with van der Waals surface area (Å²) in [4.78, 5) is 38.2. The highest BCUT2D eigenvalue weighted by molar-refractivity contribution is 7.45. The van der Waals surface area contributed by atoms with Crippen molar-refractivity contribution in [1.29, 1.82) is 0 Å². The number of phosphoric ester groups is 1. The largest absolute Gasteiger partial charge is 0.756 e. The first kappa shape index (κ1) is 92.2. The maximum absolute atomic E-state index is 12.9. The van der Waals surface area contributed by atoms with Crippen LogP contribution in [0.2, 0.25) is 0 Å². The molecule has 0 aliphatic rings. The molecule has 0 aromatic carbocycles. The summed E-state index contributed by atoms with van der Waals surface area (Å²) in [5, 5.41) is 0. The molecule has 0 spiro atoms. The van der Waals surface area contributed by atoms with Crippen LogP contribution >= 0.6 is 7.82 Å². The highest BCUT2D eigenvalue weighted by Gasteiger charge is 2.22. The van der Waals surface area contributed by atoms with E-state index in [1.54, 1.807) is 0 Å². The first-order chi connectivity index (χ1) is 47.0. The molecule has 0 amide bonds. The van der Waals surface area contributed by atoms with Crippen LogP contribution in [0.1, 0.15) is 348 Å². The van der Waals surface area contributed by atoms with Gasteiger partial charge >= 0.3 is 11.9 Å². The molecule has 0 bridgehead atoms. The van der Waals surface area contributed by atoms with Crippen LogP contribution in [0.4, 0.5) is 0 Å². The van der Waals surface area contributed by atoms with E-state index < -0.39 is 26.5 Å². The van der Waals surface area contributed by atoms with Crippen LogP contribution in [0.3, 0.4) is 0 Å². The minimum absolute atomic E-state index is 0.0339. The molecule has 2 atom stereocenters. The molecule has 9 nitrogen and oxygen atoms in total. The topological polar surface area (TPSA) is 111 Å². The molecule has 0 aliphatic heterocycles. The highest BCUT2D eigenvalue weighted by atomic mass is 31.2. The number of nitrogens with zero attached hydrogens (tertiary/aromatic N) is 1. The van der Waals surface area contributed by atoms with Crippen molar-refractivity contribution in [2.45, 2.75) is 354 Å². The number of hydrogen-bond donors (Lipinski definition) is 0. The number of carbonyl (C=O) groups excluding carboxylic acids is 2. The number of likely N-dealkylation sites (N-methyl/N-ethyl adjacent to an activating group) is 1. The van der Waals surface area contributed by atoms with Gasteiger partial charge in [-0.2, -0.15) is 0 Å². The zero-order valence-corrected chi connectivity index (χ0v) is 63.9.